The number of carbonyl (C=O) groups excluding carboxylic acids is 1. The predicted octanol–water partition coefficient (Wildman–Crippen LogP) is 0.866. The van der Waals surface area contributed by atoms with E-state index in [1.807, 2.05) is 58.8 Å². The molecule has 0 heterocycles. The van der Waals surface area contributed by atoms with Gasteiger partial charge in [-0.2, -0.15) is 0 Å². The zero-order valence-electron chi connectivity index (χ0n) is 8.01. The fourth-order valence-electron chi connectivity index (χ4n) is 0. The van der Waals surface area contributed by atoms with E-state index in [1.54, 1.807) is 0 Å². The van der Waals surface area contributed by atoms with Crippen LogP contribution >= 0.6 is 0 Å². The van der Waals surface area contributed by atoms with Crippen molar-refractivity contribution in [3.05, 3.63) is 0 Å². The molecule has 10 heavy (non-hydrogen) atoms. The molecule has 0 saturated heterocycles. The Morgan fingerprint density at radius 1 is 0.800 bits per heavy atom. The van der Waals surface area contributed by atoms with Crippen molar-refractivity contribution < 1.29 is 4.79 Å². The summed E-state index contributed by atoms with van der Waals surface area (Å²) in [5, 5.41) is 4.00. The van der Waals surface area contributed by atoms with E-state index in [0.29, 0.717) is 0 Å². The molecule has 0 spiro atoms. The monoisotopic (exact) mass is 148 g/mol. The van der Waals surface area contributed by atoms with Gasteiger partial charge in [-0.3, -0.25) is 0 Å². The highest BCUT2D eigenvalue weighted by Gasteiger charge is 1.84. The summed E-state index contributed by atoms with van der Waals surface area (Å²) >= 11 is 0. The van der Waals surface area contributed by atoms with Gasteiger partial charge in [-0.15, -0.1) is 0 Å². The molecule has 3 nitrogen and oxygen atoms in total. The number of hydrazine groups is 1. The third-order valence-corrected chi connectivity index (χ3v) is 0.800. The lowest BCUT2D eigenvalue weighted by Crippen LogP contribution is -2.28. The Morgan fingerprint density at radius 2 is 0.900 bits per heavy atom. The van der Waals surface area contributed by atoms with Crippen molar-refractivity contribution in [2.75, 3.05) is 28.2 Å². The molecule has 64 valence electrons. The largest absolute Gasteiger partial charge is 0.307 e. The van der Waals surface area contributed by atoms with Crippen LogP contribution in [0.25, 0.3) is 0 Å². The topological polar surface area (TPSA) is 23.6 Å². The molecule has 0 aliphatic heterocycles. The van der Waals surface area contributed by atoms with Crippen molar-refractivity contribution in [3.63, 3.8) is 0 Å². The zero-order valence-corrected chi connectivity index (χ0v) is 8.01. The summed E-state index contributed by atoms with van der Waals surface area (Å²) in [6.07, 6.45) is 0. The summed E-state index contributed by atoms with van der Waals surface area (Å²) in [6.45, 7) is 6.00. The van der Waals surface area contributed by atoms with E-state index >= 15 is 0 Å². The quantitative estimate of drug-likeness (QED) is 0.515. The Morgan fingerprint density at radius 3 is 0.900 bits per heavy atom. The molecule has 0 rings (SSSR count). The van der Waals surface area contributed by atoms with Crippen molar-refractivity contribution in [2.45, 2.75) is 13.8 Å². The third kappa shape index (κ3) is 25.6. The van der Waals surface area contributed by atoms with Gasteiger partial charge in [-0.1, -0.05) is 13.8 Å². The highest BCUT2D eigenvalue weighted by molar-refractivity contribution is 5.10. The van der Waals surface area contributed by atoms with E-state index in [1.165, 1.54) is 0 Å². The Bertz CT molecular complexity index is 40.9. The summed E-state index contributed by atoms with van der Waals surface area (Å²) in [6, 6.07) is 0. The second kappa shape index (κ2) is 15.8. The van der Waals surface area contributed by atoms with Crippen molar-refractivity contribution in [2.24, 2.45) is 0 Å². The second-order valence-corrected chi connectivity index (χ2v) is 1.69. The molecule has 0 N–H and O–H groups in total. The van der Waals surface area contributed by atoms with Gasteiger partial charge in [0, 0.05) is 28.2 Å². The van der Waals surface area contributed by atoms with Crippen LogP contribution in [0.1, 0.15) is 13.8 Å². The van der Waals surface area contributed by atoms with Crippen LogP contribution in [-0.4, -0.2) is 45.0 Å². The summed E-state index contributed by atoms with van der Waals surface area (Å²) in [5.41, 5.74) is 0. The first kappa shape index (κ1) is 16.3. The normalized spacial score (nSPS) is 7.60. The molecule has 0 fully saturated rings. The van der Waals surface area contributed by atoms with Gasteiger partial charge < -0.3 is 4.79 Å². The van der Waals surface area contributed by atoms with Gasteiger partial charge in [-0.05, 0) is 0 Å². The van der Waals surface area contributed by atoms with Crippen molar-refractivity contribution in [1.82, 2.24) is 10.0 Å². The molecule has 0 atom stereocenters. The number of hydrogen-bond acceptors (Lipinski definition) is 3. The van der Waals surface area contributed by atoms with Gasteiger partial charge in [0.05, 0.1) is 0 Å². The number of rotatable bonds is 1. The van der Waals surface area contributed by atoms with Gasteiger partial charge in [0.25, 0.3) is 0 Å². The molecule has 0 aliphatic rings. The zero-order chi connectivity index (χ0) is 9.15. The third-order valence-electron chi connectivity index (χ3n) is 0.800. The fourth-order valence-corrected chi connectivity index (χ4v) is 0. The van der Waals surface area contributed by atoms with Gasteiger partial charge >= 0.3 is 0 Å². The lowest BCUT2D eigenvalue weighted by atomic mass is 11.0. The maximum Gasteiger partial charge on any atom is 0.106 e. The second-order valence-electron chi connectivity index (χ2n) is 1.69. The highest BCUT2D eigenvalue weighted by Crippen LogP contribution is 1.72. The Hall–Kier alpha value is -0.410. The van der Waals surface area contributed by atoms with Crippen molar-refractivity contribution in [1.29, 1.82) is 0 Å². The van der Waals surface area contributed by atoms with Crippen molar-refractivity contribution >= 4 is 6.79 Å². The number of nitrogens with zero attached hydrogens (tertiary/aromatic N) is 2. The summed E-state index contributed by atoms with van der Waals surface area (Å²) < 4.78 is 0. The standard InChI is InChI=1S/C4H12N2.C2H6.CH2O/c1-5(2)6(3)4;2*1-2/h1-4H3;1-2H3;1H2. The molecule has 0 aromatic heterocycles. The number of carbonyl (C=O) groups is 1. The van der Waals surface area contributed by atoms with Crippen LogP contribution in [-0.2, 0) is 4.79 Å². The van der Waals surface area contributed by atoms with Gasteiger partial charge in [0.2, 0.25) is 0 Å². The van der Waals surface area contributed by atoms with Crippen LogP contribution in [0.4, 0.5) is 0 Å². The maximum atomic E-state index is 8.00. The minimum Gasteiger partial charge on any atom is -0.307 e. The smallest absolute Gasteiger partial charge is 0.106 e. The first-order valence-corrected chi connectivity index (χ1v) is 3.28. The summed E-state index contributed by atoms with van der Waals surface area (Å²) in [4.78, 5) is 8.00. The molecule has 0 radical (unpaired) electrons. The Balaban J connectivity index is -0.000000105. The maximum absolute atomic E-state index is 8.00. The van der Waals surface area contributed by atoms with E-state index in [2.05, 4.69) is 0 Å². The minimum absolute atomic E-state index is 2.00. The summed E-state index contributed by atoms with van der Waals surface area (Å²) in [5.74, 6) is 0. The predicted molar refractivity (Wildman–Crippen MR) is 45.8 cm³/mol. The molecule has 0 amide bonds. The minimum atomic E-state index is 2.00. The van der Waals surface area contributed by atoms with Crippen LogP contribution in [0.15, 0.2) is 0 Å². The molecule has 0 aromatic carbocycles. The van der Waals surface area contributed by atoms with Crippen LogP contribution in [0.5, 0.6) is 0 Å². The van der Waals surface area contributed by atoms with Gasteiger partial charge in [0.15, 0.2) is 0 Å². The first-order valence-electron chi connectivity index (χ1n) is 3.28. The average Bonchev–Trinajstić information content (AvgIpc) is 1.96. The Labute approximate surface area is 64.6 Å². The Kier molecular flexibility index (Phi) is 25.8. The lowest BCUT2D eigenvalue weighted by Gasteiger charge is -2.17. The molecular formula is C7H20N2O. The van der Waals surface area contributed by atoms with Crippen LogP contribution in [0, 0.1) is 0 Å². The van der Waals surface area contributed by atoms with E-state index in [0.717, 1.165) is 0 Å². The lowest BCUT2D eigenvalue weighted by molar-refractivity contribution is -0.0979. The van der Waals surface area contributed by atoms with Crippen LogP contribution in [0.3, 0.4) is 0 Å². The fraction of sp³-hybridized carbons (Fsp3) is 0.857. The number of hydrogen-bond donors (Lipinski definition) is 0. The molecule has 3 heteroatoms. The van der Waals surface area contributed by atoms with E-state index < -0.39 is 0 Å². The summed E-state index contributed by atoms with van der Waals surface area (Å²) in [7, 11) is 8.00. The van der Waals surface area contributed by atoms with E-state index in [9.17, 15) is 0 Å². The molecule has 0 aromatic rings. The highest BCUT2D eigenvalue weighted by atomic mass is 16.1. The molecule has 0 bridgehead atoms. The van der Waals surface area contributed by atoms with Gasteiger partial charge in [0.1, 0.15) is 6.79 Å². The molecule has 0 aliphatic carbocycles. The molecular weight excluding hydrogens is 128 g/mol. The van der Waals surface area contributed by atoms with Gasteiger partial charge in [-0.25, -0.2) is 10.0 Å². The van der Waals surface area contributed by atoms with E-state index in [4.69, 9.17) is 4.79 Å². The SMILES string of the molecule is C=O.CC.CN(C)N(C)C. The van der Waals surface area contributed by atoms with Crippen LogP contribution < -0.4 is 0 Å². The molecule has 0 unspecified atom stereocenters. The molecule has 0 saturated carbocycles. The average molecular weight is 148 g/mol. The van der Waals surface area contributed by atoms with E-state index in [-0.39, 0.29) is 0 Å². The van der Waals surface area contributed by atoms with Crippen molar-refractivity contribution in [3.8, 4) is 0 Å². The van der Waals surface area contributed by atoms with Crippen LogP contribution in [0.2, 0.25) is 0 Å². The first-order chi connectivity index (χ1) is 4.64.